The van der Waals surface area contributed by atoms with Crippen molar-refractivity contribution in [3.05, 3.63) is 41.6 Å². The third kappa shape index (κ3) is 5.26. The van der Waals surface area contributed by atoms with Crippen LogP contribution >= 0.6 is 11.8 Å². The lowest BCUT2D eigenvalue weighted by atomic mass is 10.1. The number of thioether (sulfide) groups is 1. The van der Waals surface area contributed by atoms with Crippen molar-refractivity contribution in [3.8, 4) is 0 Å². The maximum atomic E-state index is 12.4. The van der Waals surface area contributed by atoms with Crippen LogP contribution in [0.5, 0.6) is 0 Å². The predicted octanol–water partition coefficient (Wildman–Crippen LogP) is 3.89. The van der Waals surface area contributed by atoms with Gasteiger partial charge in [0.2, 0.25) is 0 Å². The number of rotatable bonds is 8. The number of nitrogens with zero attached hydrogens (tertiary/aromatic N) is 4. The van der Waals surface area contributed by atoms with E-state index in [1.54, 1.807) is 18.0 Å². The lowest BCUT2D eigenvalue weighted by Crippen LogP contribution is -2.28. The molecule has 0 aliphatic heterocycles. The zero-order chi connectivity index (χ0) is 21.0. The van der Waals surface area contributed by atoms with Crippen molar-refractivity contribution in [2.45, 2.75) is 57.6 Å². The Morgan fingerprint density at radius 2 is 1.93 bits per heavy atom. The zero-order valence-electron chi connectivity index (χ0n) is 17.6. The quantitative estimate of drug-likeness (QED) is 0.431. The van der Waals surface area contributed by atoms with Crippen LogP contribution in [-0.4, -0.2) is 43.5 Å². The number of aromatic nitrogens is 4. The summed E-state index contributed by atoms with van der Waals surface area (Å²) in [6.45, 7) is 11.3. The summed E-state index contributed by atoms with van der Waals surface area (Å²) in [5.74, 6) is 0.718. The summed E-state index contributed by atoms with van der Waals surface area (Å²) in [5.41, 5.74) is 2.43. The number of carbonyl (C=O) groups is 1. The van der Waals surface area contributed by atoms with Crippen molar-refractivity contribution in [2.75, 3.05) is 11.9 Å². The molecule has 0 radical (unpaired) electrons. The molecule has 0 saturated carbocycles. The Hall–Kier alpha value is -2.61. The molecule has 0 atom stereocenters. The van der Waals surface area contributed by atoms with Gasteiger partial charge in [-0.2, -0.15) is 5.10 Å². The van der Waals surface area contributed by atoms with Gasteiger partial charge < -0.3 is 10.6 Å². The fourth-order valence-electron chi connectivity index (χ4n) is 2.94. The van der Waals surface area contributed by atoms with Crippen molar-refractivity contribution < 1.29 is 4.79 Å². The first-order chi connectivity index (χ1) is 13.8. The van der Waals surface area contributed by atoms with Gasteiger partial charge >= 0.3 is 0 Å². The maximum absolute atomic E-state index is 12.4. The van der Waals surface area contributed by atoms with Crippen molar-refractivity contribution in [1.29, 1.82) is 0 Å². The highest BCUT2D eigenvalue weighted by atomic mass is 32.2. The Bertz CT molecular complexity index is 998. The number of hydrogen-bond donors (Lipinski definition) is 2. The molecule has 2 N–H and O–H groups in total. The first kappa shape index (κ1) is 21.1. The molecule has 1 aromatic carbocycles. The molecule has 0 unspecified atom stereocenters. The number of amides is 1. The molecule has 154 valence electrons. The Labute approximate surface area is 175 Å². The number of carbonyl (C=O) groups excluding carboxylic acids is 1. The first-order valence-electron chi connectivity index (χ1n) is 9.85. The molecule has 0 spiro atoms. The van der Waals surface area contributed by atoms with Gasteiger partial charge in [-0.25, -0.2) is 14.6 Å². The molecule has 2 heterocycles. The van der Waals surface area contributed by atoms with E-state index in [-0.39, 0.29) is 11.9 Å². The van der Waals surface area contributed by atoms with Crippen LogP contribution in [0.15, 0.2) is 35.6 Å². The number of hydrogen-bond acceptors (Lipinski definition) is 6. The minimum Gasteiger partial charge on any atom is -0.367 e. The largest absolute Gasteiger partial charge is 0.367 e. The molecular weight excluding hydrogens is 384 g/mol. The average Bonchev–Trinajstić information content (AvgIpc) is 3.04. The Morgan fingerprint density at radius 1 is 1.17 bits per heavy atom. The van der Waals surface area contributed by atoms with Crippen molar-refractivity contribution >= 4 is 34.5 Å². The van der Waals surface area contributed by atoms with Gasteiger partial charge in [-0.05, 0) is 32.4 Å². The van der Waals surface area contributed by atoms with Crippen LogP contribution in [0.1, 0.15) is 43.6 Å². The van der Waals surface area contributed by atoms with Gasteiger partial charge in [0.15, 0.2) is 10.8 Å². The molecule has 3 aromatic rings. The topological polar surface area (TPSA) is 84.7 Å². The van der Waals surface area contributed by atoms with E-state index < -0.39 is 0 Å². The van der Waals surface area contributed by atoms with E-state index in [2.05, 4.69) is 48.4 Å². The minimum absolute atomic E-state index is 0.0765. The second kappa shape index (κ2) is 9.26. The summed E-state index contributed by atoms with van der Waals surface area (Å²) >= 11 is 1.62. The molecule has 1 amide bonds. The number of nitrogens with one attached hydrogen (secondary N) is 2. The van der Waals surface area contributed by atoms with Gasteiger partial charge in [-0.15, -0.1) is 0 Å². The maximum Gasteiger partial charge on any atom is 0.251 e. The number of anilines is 1. The third-order valence-corrected chi connectivity index (χ3v) is 5.11. The summed E-state index contributed by atoms with van der Waals surface area (Å²) in [6.07, 6.45) is 1.78. The highest BCUT2D eigenvalue weighted by Crippen LogP contribution is 2.26. The second-order valence-electron chi connectivity index (χ2n) is 7.50. The lowest BCUT2D eigenvalue weighted by molar-refractivity contribution is 0.0951. The molecule has 8 heteroatoms. The van der Waals surface area contributed by atoms with Crippen LogP contribution in [-0.2, 0) is 6.54 Å². The lowest BCUT2D eigenvalue weighted by Gasteiger charge is -2.13. The van der Waals surface area contributed by atoms with Crippen molar-refractivity contribution in [2.24, 2.45) is 0 Å². The number of aryl methyl sites for hydroxylation is 1. The van der Waals surface area contributed by atoms with E-state index in [1.165, 1.54) is 0 Å². The number of fused-ring (bicyclic) bond motifs is 1. The summed E-state index contributed by atoms with van der Waals surface area (Å²) in [6, 6.07) is 7.82. The smallest absolute Gasteiger partial charge is 0.251 e. The molecule has 0 aliphatic carbocycles. The van der Waals surface area contributed by atoms with Gasteiger partial charge in [-0.1, -0.05) is 43.8 Å². The molecule has 0 bridgehead atoms. The third-order valence-electron chi connectivity index (χ3n) is 4.24. The first-order valence-corrected chi connectivity index (χ1v) is 10.7. The highest BCUT2D eigenvalue weighted by molar-refractivity contribution is 7.99. The van der Waals surface area contributed by atoms with Gasteiger partial charge in [0.05, 0.1) is 18.1 Å². The standard InChI is InChI=1S/C21H28N6OS/c1-13(2)24-18-17-12-23-27(19(17)26-21(25-18)29-14(3)4)11-10-22-20(28)16-9-7-6-8-15(16)5/h6-9,12-14H,10-11H2,1-5H3,(H,22,28)(H,24,25,26). The summed E-state index contributed by atoms with van der Waals surface area (Å²) in [7, 11) is 0. The second-order valence-corrected chi connectivity index (χ2v) is 9.04. The van der Waals surface area contributed by atoms with Crippen molar-refractivity contribution in [3.63, 3.8) is 0 Å². The van der Waals surface area contributed by atoms with Crippen LogP contribution in [0, 0.1) is 6.92 Å². The average molecular weight is 413 g/mol. The molecule has 0 saturated heterocycles. The summed E-state index contributed by atoms with van der Waals surface area (Å²) in [5, 5.41) is 12.8. The molecule has 0 fully saturated rings. The Balaban J connectivity index is 1.78. The molecule has 3 rings (SSSR count). The van der Waals surface area contributed by atoms with Crippen LogP contribution in [0.25, 0.3) is 11.0 Å². The molecule has 29 heavy (non-hydrogen) atoms. The van der Waals surface area contributed by atoms with Crippen LogP contribution < -0.4 is 10.6 Å². The fraction of sp³-hybridized carbons (Fsp3) is 0.429. The van der Waals surface area contributed by atoms with Gasteiger partial charge in [0.25, 0.3) is 5.91 Å². The zero-order valence-corrected chi connectivity index (χ0v) is 18.4. The van der Waals surface area contributed by atoms with E-state index in [9.17, 15) is 4.79 Å². The number of benzene rings is 1. The van der Waals surface area contributed by atoms with E-state index in [0.717, 1.165) is 27.6 Å². The van der Waals surface area contributed by atoms with E-state index in [1.807, 2.05) is 35.9 Å². The normalized spacial score (nSPS) is 11.4. The minimum atomic E-state index is -0.0765. The van der Waals surface area contributed by atoms with Crippen molar-refractivity contribution in [1.82, 2.24) is 25.1 Å². The monoisotopic (exact) mass is 412 g/mol. The van der Waals surface area contributed by atoms with Crippen LogP contribution in [0.4, 0.5) is 5.82 Å². The molecular formula is C21H28N6OS. The Kier molecular flexibility index (Phi) is 6.74. The molecule has 2 aromatic heterocycles. The predicted molar refractivity (Wildman–Crippen MR) is 119 cm³/mol. The summed E-state index contributed by atoms with van der Waals surface area (Å²) in [4.78, 5) is 21.8. The summed E-state index contributed by atoms with van der Waals surface area (Å²) < 4.78 is 1.82. The van der Waals surface area contributed by atoms with E-state index in [0.29, 0.717) is 23.9 Å². The van der Waals surface area contributed by atoms with Gasteiger partial charge in [0.1, 0.15) is 5.82 Å². The van der Waals surface area contributed by atoms with E-state index in [4.69, 9.17) is 4.98 Å². The molecule has 7 nitrogen and oxygen atoms in total. The van der Waals surface area contributed by atoms with Gasteiger partial charge in [0, 0.05) is 23.4 Å². The molecule has 0 aliphatic rings. The van der Waals surface area contributed by atoms with E-state index >= 15 is 0 Å². The van der Waals surface area contributed by atoms with Gasteiger partial charge in [-0.3, -0.25) is 4.79 Å². The Morgan fingerprint density at radius 3 is 2.62 bits per heavy atom. The van der Waals surface area contributed by atoms with Crippen LogP contribution in [0.2, 0.25) is 0 Å². The highest BCUT2D eigenvalue weighted by Gasteiger charge is 2.15. The van der Waals surface area contributed by atoms with Crippen LogP contribution in [0.3, 0.4) is 0 Å². The fourth-order valence-corrected chi connectivity index (χ4v) is 3.65. The SMILES string of the molecule is Cc1ccccc1C(=O)NCCn1ncc2c(NC(C)C)nc(SC(C)C)nc21.